The molecule has 110 valence electrons. The van der Waals surface area contributed by atoms with E-state index in [1.165, 1.54) is 12.8 Å². The van der Waals surface area contributed by atoms with Gasteiger partial charge in [-0.3, -0.25) is 0 Å². The summed E-state index contributed by atoms with van der Waals surface area (Å²) >= 11 is 1.55. The van der Waals surface area contributed by atoms with Crippen LogP contribution in [-0.4, -0.2) is 17.6 Å². The molecule has 1 fully saturated rings. The van der Waals surface area contributed by atoms with Crippen molar-refractivity contribution in [1.29, 1.82) is 0 Å². The first-order valence-electron chi connectivity index (χ1n) is 6.97. The average Bonchev–Trinajstić information content (AvgIpc) is 3.22. The molecule has 21 heavy (non-hydrogen) atoms. The normalized spacial score (nSPS) is 14.0. The fourth-order valence-electron chi connectivity index (χ4n) is 2.09. The lowest BCUT2D eigenvalue weighted by Gasteiger charge is -2.10. The Bertz CT molecular complexity index is 665. The predicted octanol–water partition coefficient (Wildman–Crippen LogP) is 3.52. The first kappa shape index (κ1) is 13.9. The molecule has 3 rings (SSSR count). The zero-order chi connectivity index (χ0) is 14.8. The Balaban J connectivity index is 1.80. The minimum atomic E-state index is -0.406. The minimum Gasteiger partial charge on any atom is -0.462 e. The van der Waals surface area contributed by atoms with Gasteiger partial charge in [0.2, 0.25) is 0 Å². The van der Waals surface area contributed by atoms with Gasteiger partial charge in [0, 0.05) is 11.3 Å². The number of hydrogen-bond acceptors (Lipinski definition) is 6. The number of carbonyl (C=O) groups is 1. The van der Waals surface area contributed by atoms with Crippen LogP contribution < -0.4 is 11.1 Å². The van der Waals surface area contributed by atoms with Crippen molar-refractivity contribution in [3.05, 3.63) is 34.8 Å². The zero-order valence-electron chi connectivity index (χ0n) is 11.8. The van der Waals surface area contributed by atoms with Gasteiger partial charge in [0.05, 0.1) is 29.2 Å². The zero-order valence-corrected chi connectivity index (χ0v) is 12.6. The number of ether oxygens (including phenoxy) is 1. The summed E-state index contributed by atoms with van der Waals surface area (Å²) in [6.45, 7) is 2.10. The highest BCUT2D eigenvalue weighted by atomic mass is 32.1. The maximum atomic E-state index is 11.8. The van der Waals surface area contributed by atoms with Crippen LogP contribution in [0.4, 0.5) is 16.5 Å². The Morgan fingerprint density at radius 2 is 2.33 bits per heavy atom. The first-order valence-corrected chi connectivity index (χ1v) is 7.85. The van der Waals surface area contributed by atoms with Gasteiger partial charge in [0.15, 0.2) is 5.13 Å². The molecule has 2 aromatic rings. The molecule has 0 saturated heterocycles. The molecule has 0 spiro atoms. The van der Waals surface area contributed by atoms with Crippen molar-refractivity contribution in [1.82, 2.24) is 4.98 Å². The highest BCUT2D eigenvalue weighted by Gasteiger charge is 2.26. The molecule has 6 heteroatoms. The molecule has 3 N–H and O–H groups in total. The van der Waals surface area contributed by atoms with E-state index in [1.54, 1.807) is 30.4 Å². The molecule has 1 aliphatic carbocycles. The summed E-state index contributed by atoms with van der Waals surface area (Å²) in [5.41, 5.74) is 8.64. The summed E-state index contributed by atoms with van der Waals surface area (Å²) in [6.07, 6.45) is 2.45. The fourth-order valence-corrected chi connectivity index (χ4v) is 2.89. The number of esters is 1. The van der Waals surface area contributed by atoms with Gasteiger partial charge in [-0.15, -0.1) is 11.3 Å². The Labute approximate surface area is 127 Å². The number of aromatic nitrogens is 1. The van der Waals surface area contributed by atoms with Crippen LogP contribution in [0.1, 0.15) is 41.7 Å². The van der Waals surface area contributed by atoms with Crippen LogP contribution in [0, 0.1) is 0 Å². The van der Waals surface area contributed by atoms with Crippen molar-refractivity contribution in [2.75, 3.05) is 17.7 Å². The second kappa shape index (κ2) is 5.73. The maximum absolute atomic E-state index is 11.8. The number of thiazole rings is 1. The van der Waals surface area contributed by atoms with Crippen LogP contribution in [0.3, 0.4) is 0 Å². The number of nitrogens with zero attached hydrogens (tertiary/aromatic N) is 1. The van der Waals surface area contributed by atoms with E-state index in [0.29, 0.717) is 29.5 Å². The summed E-state index contributed by atoms with van der Waals surface area (Å²) in [4.78, 5) is 16.4. The van der Waals surface area contributed by atoms with Gasteiger partial charge in [-0.2, -0.15) is 0 Å². The molecule has 1 saturated carbocycles. The van der Waals surface area contributed by atoms with E-state index >= 15 is 0 Å². The molecular weight excluding hydrogens is 286 g/mol. The van der Waals surface area contributed by atoms with Gasteiger partial charge < -0.3 is 15.8 Å². The highest BCUT2D eigenvalue weighted by Crippen LogP contribution is 2.41. The van der Waals surface area contributed by atoms with Gasteiger partial charge in [-0.05, 0) is 31.9 Å². The summed E-state index contributed by atoms with van der Waals surface area (Å²) in [7, 11) is 0. The van der Waals surface area contributed by atoms with Crippen LogP contribution in [-0.2, 0) is 4.74 Å². The molecule has 0 bridgehead atoms. The third-order valence-electron chi connectivity index (χ3n) is 3.36. The maximum Gasteiger partial charge on any atom is 0.340 e. The number of carbonyl (C=O) groups excluding carboxylic acids is 1. The highest BCUT2D eigenvalue weighted by molar-refractivity contribution is 7.13. The number of nitrogens with two attached hydrogens (primary N) is 1. The summed E-state index contributed by atoms with van der Waals surface area (Å²) < 4.78 is 5.00. The van der Waals surface area contributed by atoms with Crippen LogP contribution >= 0.6 is 11.3 Å². The van der Waals surface area contributed by atoms with Gasteiger partial charge >= 0.3 is 5.97 Å². The monoisotopic (exact) mass is 303 g/mol. The largest absolute Gasteiger partial charge is 0.462 e. The summed E-state index contributed by atoms with van der Waals surface area (Å²) in [5, 5.41) is 6.06. The van der Waals surface area contributed by atoms with Crippen molar-refractivity contribution in [2.24, 2.45) is 0 Å². The molecule has 1 aromatic heterocycles. The molecular formula is C15H17N3O2S. The number of benzene rings is 1. The van der Waals surface area contributed by atoms with E-state index in [1.807, 2.05) is 6.07 Å². The molecule has 0 amide bonds. The molecule has 0 atom stereocenters. The Hall–Kier alpha value is -2.08. The SMILES string of the molecule is CCOC(=O)c1cccc(Nc2nc(C3CC3)cs2)c1N. The van der Waals surface area contributed by atoms with Crippen molar-refractivity contribution in [3.8, 4) is 0 Å². The Morgan fingerprint density at radius 3 is 3.05 bits per heavy atom. The minimum absolute atomic E-state index is 0.327. The molecule has 5 nitrogen and oxygen atoms in total. The number of nitrogen functional groups attached to an aromatic ring is 1. The van der Waals surface area contributed by atoms with Gasteiger partial charge in [-0.25, -0.2) is 9.78 Å². The summed E-state index contributed by atoms with van der Waals surface area (Å²) in [6, 6.07) is 5.27. The first-order chi connectivity index (χ1) is 10.2. The van der Waals surface area contributed by atoms with Gasteiger partial charge in [-0.1, -0.05) is 6.07 Å². The second-order valence-corrected chi connectivity index (χ2v) is 5.82. The van der Waals surface area contributed by atoms with E-state index < -0.39 is 5.97 Å². The van der Waals surface area contributed by atoms with E-state index in [4.69, 9.17) is 10.5 Å². The van der Waals surface area contributed by atoms with Crippen molar-refractivity contribution in [2.45, 2.75) is 25.7 Å². The van der Waals surface area contributed by atoms with Crippen LogP contribution in [0.5, 0.6) is 0 Å². The average molecular weight is 303 g/mol. The molecule has 1 aliphatic rings. The van der Waals surface area contributed by atoms with Crippen molar-refractivity contribution >= 4 is 33.8 Å². The van der Waals surface area contributed by atoms with Crippen LogP contribution in [0.2, 0.25) is 0 Å². The number of para-hydroxylation sites is 1. The Kier molecular flexibility index (Phi) is 3.79. The molecule has 1 aromatic carbocycles. The van der Waals surface area contributed by atoms with Crippen LogP contribution in [0.15, 0.2) is 23.6 Å². The van der Waals surface area contributed by atoms with Gasteiger partial charge in [0.25, 0.3) is 0 Å². The van der Waals surface area contributed by atoms with E-state index in [-0.39, 0.29) is 0 Å². The van der Waals surface area contributed by atoms with E-state index in [0.717, 1.165) is 10.8 Å². The molecule has 0 unspecified atom stereocenters. The number of nitrogens with one attached hydrogen (secondary N) is 1. The van der Waals surface area contributed by atoms with Crippen LogP contribution in [0.25, 0.3) is 0 Å². The topological polar surface area (TPSA) is 77.2 Å². The molecule has 0 aliphatic heterocycles. The standard InChI is InChI=1S/C15H17N3O2S/c1-2-20-14(19)10-4-3-5-11(13(10)16)17-15-18-12(8-21-15)9-6-7-9/h3-5,8-9H,2,6-7,16H2,1H3,(H,17,18). The molecule has 1 heterocycles. The number of rotatable bonds is 5. The lowest BCUT2D eigenvalue weighted by molar-refractivity contribution is 0.0527. The molecule has 0 radical (unpaired) electrons. The summed E-state index contributed by atoms with van der Waals surface area (Å²) in [5.74, 6) is 0.219. The lowest BCUT2D eigenvalue weighted by atomic mass is 10.1. The lowest BCUT2D eigenvalue weighted by Crippen LogP contribution is -2.09. The quantitative estimate of drug-likeness (QED) is 0.652. The third-order valence-corrected chi connectivity index (χ3v) is 4.14. The predicted molar refractivity (Wildman–Crippen MR) is 84.2 cm³/mol. The van der Waals surface area contributed by atoms with Gasteiger partial charge in [0.1, 0.15) is 0 Å². The number of anilines is 3. The second-order valence-electron chi connectivity index (χ2n) is 4.96. The van der Waals surface area contributed by atoms with E-state index in [9.17, 15) is 4.79 Å². The fraction of sp³-hybridized carbons (Fsp3) is 0.333. The van der Waals surface area contributed by atoms with E-state index in [2.05, 4.69) is 15.7 Å². The Morgan fingerprint density at radius 1 is 1.52 bits per heavy atom. The van der Waals surface area contributed by atoms with Crippen molar-refractivity contribution in [3.63, 3.8) is 0 Å². The third kappa shape index (κ3) is 3.00. The van der Waals surface area contributed by atoms with Crippen molar-refractivity contribution < 1.29 is 9.53 Å². The number of hydrogen-bond donors (Lipinski definition) is 2. The smallest absolute Gasteiger partial charge is 0.340 e.